The maximum Gasteiger partial charge on any atom is 0.255 e. The van der Waals surface area contributed by atoms with Crippen molar-refractivity contribution in [2.45, 2.75) is 26.7 Å². The normalized spacial score (nSPS) is 10.2. The highest BCUT2D eigenvalue weighted by atomic mass is 16.5. The van der Waals surface area contributed by atoms with Gasteiger partial charge >= 0.3 is 0 Å². The van der Waals surface area contributed by atoms with Crippen LogP contribution in [-0.2, 0) is 0 Å². The van der Waals surface area contributed by atoms with Crippen LogP contribution in [-0.4, -0.2) is 12.5 Å². The Morgan fingerprint density at radius 3 is 2.48 bits per heavy atom. The molecule has 2 rings (SSSR count). The molecule has 0 aromatic heterocycles. The van der Waals surface area contributed by atoms with Crippen LogP contribution < -0.4 is 10.1 Å². The van der Waals surface area contributed by atoms with E-state index in [0.29, 0.717) is 12.2 Å². The zero-order valence-corrected chi connectivity index (χ0v) is 12.6. The van der Waals surface area contributed by atoms with Crippen LogP contribution in [0.4, 0.5) is 5.69 Å². The van der Waals surface area contributed by atoms with Crippen molar-refractivity contribution in [3.8, 4) is 5.75 Å². The van der Waals surface area contributed by atoms with Crippen LogP contribution in [0.15, 0.2) is 48.5 Å². The largest absolute Gasteiger partial charge is 0.494 e. The molecule has 21 heavy (non-hydrogen) atoms. The summed E-state index contributed by atoms with van der Waals surface area (Å²) in [5, 5.41) is 2.92. The van der Waals surface area contributed by atoms with Crippen molar-refractivity contribution in [1.29, 1.82) is 0 Å². The predicted molar refractivity (Wildman–Crippen MR) is 86.0 cm³/mol. The third-order valence-corrected chi connectivity index (χ3v) is 3.28. The number of carbonyl (C=O) groups is 1. The van der Waals surface area contributed by atoms with Crippen molar-refractivity contribution in [1.82, 2.24) is 0 Å². The first-order valence-electron chi connectivity index (χ1n) is 7.30. The molecule has 3 nitrogen and oxygen atoms in total. The summed E-state index contributed by atoms with van der Waals surface area (Å²) in [7, 11) is 0. The molecule has 0 spiro atoms. The highest BCUT2D eigenvalue weighted by Crippen LogP contribution is 2.17. The average Bonchev–Trinajstić information content (AvgIpc) is 2.50. The number of anilines is 1. The van der Waals surface area contributed by atoms with E-state index in [4.69, 9.17) is 4.74 Å². The molecule has 110 valence electrons. The zero-order valence-electron chi connectivity index (χ0n) is 12.6. The zero-order chi connectivity index (χ0) is 15.1. The van der Waals surface area contributed by atoms with E-state index in [2.05, 4.69) is 12.2 Å². The van der Waals surface area contributed by atoms with E-state index in [-0.39, 0.29) is 5.91 Å². The first kappa shape index (κ1) is 15.1. The topological polar surface area (TPSA) is 38.3 Å². The third kappa shape index (κ3) is 4.35. The minimum atomic E-state index is -0.107. The first-order valence-corrected chi connectivity index (χ1v) is 7.30. The Labute approximate surface area is 126 Å². The summed E-state index contributed by atoms with van der Waals surface area (Å²) in [6.07, 6.45) is 2.15. The molecule has 0 unspecified atom stereocenters. The summed E-state index contributed by atoms with van der Waals surface area (Å²) in [6, 6.07) is 15.0. The van der Waals surface area contributed by atoms with E-state index in [1.54, 1.807) is 12.1 Å². The van der Waals surface area contributed by atoms with E-state index in [9.17, 15) is 4.79 Å². The molecule has 0 saturated heterocycles. The van der Waals surface area contributed by atoms with Gasteiger partial charge in [-0.05, 0) is 49.2 Å². The van der Waals surface area contributed by atoms with E-state index in [0.717, 1.165) is 29.8 Å². The monoisotopic (exact) mass is 283 g/mol. The molecular weight excluding hydrogens is 262 g/mol. The van der Waals surface area contributed by atoms with Crippen molar-refractivity contribution >= 4 is 11.6 Å². The fraction of sp³-hybridized carbons (Fsp3) is 0.278. The second-order valence-corrected chi connectivity index (χ2v) is 5.00. The Morgan fingerprint density at radius 1 is 1.10 bits per heavy atom. The molecule has 0 aliphatic rings. The number of benzene rings is 2. The number of aryl methyl sites for hydroxylation is 1. The van der Waals surface area contributed by atoms with Crippen molar-refractivity contribution < 1.29 is 9.53 Å². The second kappa shape index (κ2) is 7.48. The molecule has 0 saturated carbocycles. The number of para-hydroxylation sites is 1. The van der Waals surface area contributed by atoms with Gasteiger partial charge in [-0.15, -0.1) is 0 Å². The lowest BCUT2D eigenvalue weighted by Gasteiger charge is -2.09. The lowest BCUT2D eigenvalue weighted by atomic mass is 10.1. The lowest BCUT2D eigenvalue weighted by Crippen LogP contribution is -2.12. The van der Waals surface area contributed by atoms with E-state index < -0.39 is 0 Å². The molecule has 1 amide bonds. The summed E-state index contributed by atoms with van der Waals surface area (Å²) < 4.78 is 5.59. The fourth-order valence-corrected chi connectivity index (χ4v) is 1.94. The molecule has 0 atom stereocenters. The van der Waals surface area contributed by atoms with Crippen molar-refractivity contribution in [2.75, 3.05) is 11.9 Å². The molecular formula is C18H21NO2. The Balaban J connectivity index is 1.98. The van der Waals surface area contributed by atoms with Gasteiger partial charge in [0.2, 0.25) is 0 Å². The fourth-order valence-electron chi connectivity index (χ4n) is 1.94. The Kier molecular flexibility index (Phi) is 5.38. The Hall–Kier alpha value is -2.29. The van der Waals surface area contributed by atoms with Crippen LogP contribution in [0.3, 0.4) is 0 Å². The minimum Gasteiger partial charge on any atom is -0.494 e. The van der Waals surface area contributed by atoms with Gasteiger partial charge in [-0.1, -0.05) is 31.5 Å². The quantitative estimate of drug-likeness (QED) is 0.797. The molecule has 0 fully saturated rings. The number of carbonyl (C=O) groups excluding carboxylic acids is 1. The highest BCUT2D eigenvalue weighted by molar-refractivity contribution is 6.04. The number of hydrogen-bond acceptors (Lipinski definition) is 2. The molecule has 0 bridgehead atoms. The SMILES string of the molecule is CCCCOc1ccc(C(=O)Nc2ccccc2C)cc1. The maximum absolute atomic E-state index is 12.2. The summed E-state index contributed by atoms with van der Waals surface area (Å²) in [5.74, 6) is 0.695. The molecule has 0 aliphatic carbocycles. The summed E-state index contributed by atoms with van der Waals surface area (Å²) in [5.41, 5.74) is 2.51. The van der Waals surface area contributed by atoms with E-state index >= 15 is 0 Å². The number of hydrogen-bond donors (Lipinski definition) is 1. The standard InChI is InChI=1S/C18H21NO2/c1-3-4-13-21-16-11-9-15(10-12-16)18(20)19-17-8-6-5-7-14(17)2/h5-12H,3-4,13H2,1-2H3,(H,19,20). The Morgan fingerprint density at radius 2 is 1.81 bits per heavy atom. The van der Waals surface area contributed by atoms with Gasteiger partial charge in [0.1, 0.15) is 5.75 Å². The van der Waals surface area contributed by atoms with Gasteiger partial charge in [-0.2, -0.15) is 0 Å². The predicted octanol–water partition coefficient (Wildman–Crippen LogP) is 4.43. The summed E-state index contributed by atoms with van der Waals surface area (Å²) in [6.45, 7) is 4.81. The maximum atomic E-state index is 12.2. The summed E-state index contributed by atoms with van der Waals surface area (Å²) >= 11 is 0. The van der Waals surface area contributed by atoms with Crippen molar-refractivity contribution in [3.05, 3.63) is 59.7 Å². The Bertz CT molecular complexity index is 590. The average molecular weight is 283 g/mol. The van der Waals surface area contributed by atoms with Gasteiger partial charge < -0.3 is 10.1 Å². The van der Waals surface area contributed by atoms with Crippen LogP contribution in [0, 0.1) is 6.92 Å². The van der Waals surface area contributed by atoms with Gasteiger partial charge in [0, 0.05) is 11.3 Å². The summed E-state index contributed by atoms with van der Waals surface area (Å²) in [4.78, 5) is 12.2. The number of ether oxygens (including phenoxy) is 1. The van der Waals surface area contributed by atoms with E-state index in [1.165, 1.54) is 0 Å². The highest BCUT2D eigenvalue weighted by Gasteiger charge is 2.07. The number of rotatable bonds is 6. The van der Waals surface area contributed by atoms with Crippen LogP contribution in [0.5, 0.6) is 5.75 Å². The van der Waals surface area contributed by atoms with Gasteiger partial charge in [0.25, 0.3) is 5.91 Å². The van der Waals surface area contributed by atoms with Gasteiger partial charge in [0.05, 0.1) is 6.61 Å². The molecule has 2 aromatic rings. The number of nitrogens with one attached hydrogen (secondary N) is 1. The van der Waals surface area contributed by atoms with E-state index in [1.807, 2.05) is 43.3 Å². The molecule has 0 heterocycles. The number of amides is 1. The first-order chi connectivity index (χ1) is 10.2. The van der Waals surface area contributed by atoms with Crippen molar-refractivity contribution in [3.63, 3.8) is 0 Å². The van der Waals surface area contributed by atoms with Crippen LogP contribution >= 0.6 is 0 Å². The molecule has 2 aromatic carbocycles. The third-order valence-electron chi connectivity index (χ3n) is 3.28. The van der Waals surface area contributed by atoms with Crippen LogP contribution in [0.2, 0.25) is 0 Å². The van der Waals surface area contributed by atoms with Crippen LogP contribution in [0.25, 0.3) is 0 Å². The second-order valence-electron chi connectivity index (χ2n) is 5.00. The number of unbranched alkanes of at least 4 members (excludes halogenated alkanes) is 1. The minimum absolute atomic E-state index is 0.107. The van der Waals surface area contributed by atoms with Crippen molar-refractivity contribution in [2.24, 2.45) is 0 Å². The molecule has 1 N–H and O–H groups in total. The van der Waals surface area contributed by atoms with Gasteiger partial charge in [-0.3, -0.25) is 4.79 Å². The van der Waals surface area contributed by atoms with Crippen LogP contribution in [0.1, 0.15) is 35.7 Å². The lowest BCUT2D eigenvalue weighted by molar-refractivity contribution is 0.102. The van der Waals surface area contributed by atoms with Gasteiger partial charge in [-0.25, -0.2) is 0 Å². The molecule has 0 aliphatic heterocycles. The van der Waals surface area contributed by atoms with Gasteiger partial charge in [0.15, 0.2) is 0 Å². The molecule has 3 heteroatoms. The smallest absolute Gasteiger partial charge is 0.255 e. The molecule has 0 radical (unpaired) electrons.